The Labute approximate surface area is 111 Å². The number of hydrogen-bond acceptors (Lipinski definition) is 2. The van der Waals surface area contributed by atoms with E-state index in [4.69, 9.17) is 5.73 Å². The van der Waals surface area contributed by atoms with Gasteiger partial charge in [0.15, 0.2) is 0 Å². The monoisotopic (exact) mass is 252 g/mol. The molecule has 0 aromatic heterocycles. The zero-order valence-corrected chi connectivity index (χ0v) is 11.5. The maximum atomic E-state index is 12.1. The lowest BCUT2D eigenvalue weighted by atomic mass is 9.81. The number of hydrogen-bond donors (Lipinski definition) is 2. The van der Waals surface area contributed by atoms with Crippen LogP contribution in [0.2, 0.25) is 0 Å². The Morgan fingerprint density at radius 3 is 2.39 bits per heavy atom. The molecule has 0 aromatic rings. The molecule has 0 saturated heterocycles. The highest BCUT2D eigenvalue weighted by atomic mass is 16.1. The van der Waals surface area contributed by atoms with Gasteiger partial charge in [-0.25, -0.2) is 0 Å². The number of rotatable bonds is 5. The summed E-state index contributed by atoms with van der Waals surface area (Å²) in [6.07, 6.45) is 13.0. The molecule has 104 valence electrons. The van der Waals surface area contributed by atoms with Gasteiger partial charge in [-0.15, -0.1) is 0 Å². The van der Waals surface area contributed by atoms with Gasteiger partial charge in [-0.05, 0) is 25.2 Å². The molecule has 0 bridgehead atoms. The van der Waals surface area contributed by atoms with E-state index in [1.54, 1.807) is 0 Å². The molecule has 2 saturated carbocycles. The standard InChI is InChI=1S/C15H28N2O/c16-12-15(10-4-1-5-11-15)17-14(18)9-8-13-6-2-3-7-13/h13H,1-12,16H2,(H,17,18). The third kappa shape index (κ3) is 3.71. The van der Waals surface area contributed by atoms with E-state index in [0.29, 0.717) is 13.0 Å². The molecule has 3 N–H and O–H groups in total. The number of carbonyl (C=O) groups excluding carboxylic acids is 1. The summed E-state index contributed by atoms with van der Waals surface area (Å²) in [5.41, 5.74) is 5.81. The van der Waals surface area contributed by atoms with Gasteiger partial charge in [-0.3, -0.25) is 4.79 Å². The quantitative estimate of drug-likeness (QED) is 0.790. The summed E-state index contributed by atoms with van der Waals surface area (Å²) in [5.74, 6) is 1.03. The predicted molar refractivity (Wildman–Crippen MR) is 74.2 cm³/mol. The average molecular weight is 252 g/mol. The van der Waals surface area contributed by atoms with Gasteiger partial charge in [0.1, 0.15) is 0 Å². The highest BCUT2D eigenvalue weighted by Gasteiger charge is 2.32. The first kappa shape index (κ1) is 13.9. The molecule has 0 atom stereocenters. The van der Waals surface area contributed by atoms with Crippen molar-refractivity contribution in [2.75, 3.05) is 6.54 Å². The van der Waals surface area contributed by atoms with Crippen LogP contribution < -0.4 is 11.1 Å². The zero-order valence-electron chi connectivity index (χ0n) is 11.5. The normalized spacial score (nSPS) is 24.1. The van der Waals surface area contributed by atoms with Gasteiger partial charge in [0.25, 0.3) is 0 Å². The van der Waals surface area contributed by atoms with E-state index in [1.807, 2.05) is 0 Å². The van der Waals surface area contributed by atoms with Gasteiger partial charge in [-0.1, -0.05) is 44.9 Å². The van der Waals surface area contributed by atoms with E-state index in [1.165, 1.54) is 44.9 Å². The summed E-state index contributed by atoms with van der Waals surface area (Å²) in [4.78, 5) is 12.1. The lowest BCUT2D eigenvalue weighted by Gasteiger charge is -2.37. The summed E-state index contributed by atoms with van der Waals surface area (Å²) < 4.78 is 0. The van der Waals surface area contributed by atoms with Crippen LogP contribution in [0.5, 0.6) is 0 Å². The second-order valence-corrected chi connectivity index (χ2v) is 6.28. The van der Waals surface area contributed by atoms with Crippen LogP contribution in [0.15, 0.2) is 0 Å². The van der Waals surface area contributed by atoms with Crippen LogP contribution in [0.25, 0.3) is 0 Å². The van der Waals surface area contributed by atoms with Gasteiger partial charge >= 0.3 is 0 Å². The molecule has 0 unspecified atom stereocenters. The Kier molecular flexibility index (Phi) is 5.04. The van der Waals surface area contributed by atoms with Crippen molar-refractivity contribution < 1.29 is 4.79 Å². The van der Waals surface area contributed by atoms with Crippen molar-refractivity contribution in [3.8, 4) is 0 Å². The fourth-order valence-corrected chi connectivity index (χ4v) is 3.60. The number of nitrogens with two attached hydrogens (primary N) is 1. The number of amides is 1. The largest absolute Gasteiger partial charge is 0.349 e. The second-order valence-electron chi connectivity index (χ2n) is 6.28. The molecular weight excluding hydrogens is 224 g/mol. The van der Waals surface area contributed by atoms with Crippen molar-refractivity contribution in [1.82, 2.24) is 5.32 Å². The lowest BCUT2D eigenvalue weighted by Crippen LogP contribution is -2.54. The van der Waals surface area contributed by atoms with E-state index in [0.717, 1.165) is 25.2 Å². The minimum atomic E-state index is -0.0784. The van der Waals surface area contributed by atoms with Crippen LogP contribution in [0.1, 0.15) is 70.6 Å². The van der Waals surface area contributed by atoms with E-state index in [9.17, 15) is 4.79 Å². The zero-order chi connectivity index (χ0) is 12.8. The first-order valence-corrected chi connectivity index (χ1v) is 7.75. The topological polar surface area (TPSA) is 55.1 Å². The third-order valence-corrected chi connectivity index (χ3v) is 4.86. The SMILES string of the molecule is NCC1(NC(=O)CCC2CCCC2)CCCCC1. The molecule has 18 heavy (non-hydrogen) atoms. The smallest absolute Gasteiger partial charge is 0.220 e. The van der Waals surface area contributed by atoms with Gasteiger partial charge in [-0.2, -0.15) is 0 Å². The molecule has 2 aliphatic carbocycles. The highest BCUT2D eigenvalue weighted by molar-refractivity contribution is 5.76. The van der Waals surface area contributed by atoms with Crippen molar-refractivity contribution in [3.63, 3.8) is 0 Å². The van der Waals surface area contributed by atoms with Crippen LogP contribution in [-0.2, 0) is 4.79 Å². The molecule has 0 radical (unpaired) electrons. The van der Waals surface area contributed by atoms with E-state index >= 15 is 0 Å². The van der Waals surface area contributed by atoms with Crippen molar-refractivity contribution in [3.05, 3.63) is 0 Å². The van der Waals surface area contributed by atoms with Crippen LogP contribution in [0.4, 0.5) is 0 Å². The molecule has 2 fully saturated rings. The number of nitrogens with one attached hydrogen (secondary N) is 1. The Balaban J connectivity index is 1.74. The minimum absolute atomic E-state index is 0.0784. The molecule has 3 heteroatoms. The summed E-state index contributed by atoms with van der Waals surface area (Å²) >= 11 is 0. The fourth-order valence-electron chi connectivity index (χ4n) is 3.60. The van der Waals surface area contributed by atoms with Crippen molar-refractivity contribution in [2.24, 2.45) is 11.7 Å². The van der Waals surface area contributed by atoms with Gasteiger partial charge in [0.05, 0.1) is 5.54 Å². The summed E-state index contributed by atoms with van der Waals surface area (Å²) in [6.45, 7) is 0.599. The van der Waals surface area contributed by atoms with Crippen molar-refractivity contribution in [1.29, 1.82) is 0 Å². The molecule has 0 heterocycles. The van der Waals surface area contributed by atoms with Crippen LogP contribution in [-0.4, -0.2) is 18.0 Å². The first-order chi connectivity index (χ1) is 8.74. The molecule has 0 aromatic carbocycles. The molecule has 2 aliphatic rings. The molecule has 2 rings (SSSR count). The van der Waals surface area contributed by atoms with E-state index in [-0.39, 0.29) is 11.4 Å². The summed E-state index contributed by atoms with van der Waals surface area (Å²) in [5, 5.41) is 3.24. The van der Waals surface area contributed by atoms with Crippen LogP contribution in [0.3, 0.4) is 0 Å². The Bertz CT molecular complexity index is 266. The van der Waals surface area contributed by atoms with Crippen molar-refractivity contribution >= 4 is 5.91 Å². The molecule has 0 spiro atoms. The Hall–Kier alpha value is -0.570. The van der Waals surface area contributed by atoms with Gasteiger partial charge < -0.3 is 11.1 Å². The summed E-state index contributed by atoms with van der Waals surface area (Å²) in [6, 6.07) is 0. The van der Waals surface area contributed by atoms with Gasteiger partial charge in [0, 0.05) is 13.0 Å². The third-order valence-electron chi connectivity index (χ3n) is 4.86. The predicted octanol–water partition coefficient (Wildman–Crippen LogP) is 2.73. The number of carbonyl (C=O) groups is 1. The molecule has 0 aliphatic heterocycles. The average Bonchev–Trinajstić information content (AvgIpc) is 2.91. The maximum Gasteiger partial charge on any atom is 0.220 e. The molecular formula is C15H28N2O. The minimum Gasteiger partial charge on any atom is -0.349 e. The Morgan fingerprint density at radius 2 is 1.78 bits per heavy atom. The molecule has 1 amide bonds. The summed E-state index contributed by atoms with van der Waals surface area (Å²) in [7, 11) is 0. The lowest BCUT2D eigenvalue weighted by molar-refractivity contribution is -0.123. The maximum absolute atomic E-state index is 12.1. The van der Waals surface area contributed by atoms with Crippen molar-refractivity contribution in [2.45, 2.75) is 76.2 Å². The fraction of sp³-hybridized carbons (Fsp3) is 0.933. The highest BCUT2D eigenvalue weighted by Crippen LogP contribution is 2.30. The van der Waals surface area contributed by atoms with E-state index < -0.39 is 0 Å². The van der Waals surface area contributed by atoms with Crippen LogP contribution in [0, 0.1) is 5.92 Å². The van der Waals surface area contributed by atoms with Gasteiger partial charge in [0.2, 0.25) is 5.91 Å². The van der Waals surface area contributed by atoms with Crippen LogP contribution >= 0.6 is 0 Å². The van der Waals surface area contributed by atoms with E-state index in [2.05, 4.69) is 5.32 Å². The second kappa shape index (κ2) is 6.55. The molecule has 3 nitrogen and oxygen atoms in total. The Morgan fingerprint density at radius 1 is 1.11 bits per heavy atom. The first-order valence-electron chi connectivity index (χ1n) is 7.75.